The zero-order chi connectivity index (χ0) is 14.4. The fourth-order valence-electron chi connectivity index (χ4n) is 2.10. The fraction of sp³-hybridized carbons (Fsp3) is 0.500. The van der Waals surface area contributed by atoms with Crippen molar-refractivity contribution in [1.82, 2.24) is 4.90 Å². The number of nitrogens with two attached hydrogens (primary N) is 1. The van der Waals surface area contributed by atoms with Crippen LogP contribution in [0.4, 0.5) is 11.4 Å². The van der Waals surface area contributed by atoms with Gasteiger partial charge in [0, 0.05) is 11.1 Å². The van der Waals surface area contributed by atoms with Gasteiger partial charge in [0.25, 0.3) is 0 Å². The van der Waals surface area contributed by atoms with Crippen molar-refractivity contribution in [2.24, 2.45) is 0 Å². The molecule has 0 aliphatic heterocycles. The van der Waals surface area contributed by atoms with Crippen LogP contribution in [-0.4, -0.2) is 30.4 Å². The molecule has 0 aromatic heterocycles. The van der Waals surface area contributed by atoms with Gasteiger partial charge in [0.1, 0.15) is 0 Å². The van der Waals surface area contributed by atoms with E-state index in [9.17, 15) is 4.79 Å². The van der Waals surface area contributed by atoms with Crippen LogP contribution in [0.25, 0.3) is 0 Å². The van der Waals surface area contributed by atoms with E-state index in [0.29, 0.717) is 29.0 Å². The Balaban J connectivity index is 2.60. The summed E-state index contributed by atoms with van der Waals surface area (Å²) in [6.45, 7) is 4.61. The minimum Gasteiger partial charge on any atom is -0.397 e. The monoisotopic (exact) mass is 283 g/mol. The molecule has 0 saturated carbocycles. The number of amides is 1. The number of nitrogens with zero attached hydrogens (tertiary/aromatic N) is 1. The number of halogens is 1. The number of nitrogen functional groups attached to an aromatic ring is 1. The van der Waals surface area contributed by atoms with Crippen molar-refractivity contribution in [2.45, 2.75) is 32.7 Å². The molecule has 0 unspecified atom stereocenters. The highest BCUT2D eigenvalue weighted by Crippen LogP contribution is 2.22. The Hall–Kier alpha value is -1.26. The first-order chi connectivity index (χ1) is 8.97. The Morgan fingerprint density at radius 3 is 2.58 bits per heavy atom. The second-order valence-corrected chi connectivity index (χ2v) is 5.10. The van der Waals surface area contributed by atoms with E-state index in [1.807, 2.05) is 7.05 Å². The Labute approximate surface area is 119 Å². The van der Waals surface area contributed by atoms with Gasteiger partial charge in [-0.25, -0.2) is 0 Å². The summed E-state index contributed by atoms with van der Waals surface area (Å²) >= 11 is 5.82. The lowest BCUT2D eigenvalue weighted by Crippen LogP contribution is -2.37. The predicted molar refractivity (Wildman–Crippen MR) is 81.5 cm³/mol. The molecule has 0 heterocycles. The summed E-state index contributed by atoms with van der Waals surface area (Å²) in [4.78, 5) is 14.0. The summed E-state index contributed by atoms with van der Waals surface area (Å²) in [7, 11) is 1.96. The van der Waals surface area contributed by atoms with Crippen molar-refractivity contribution in [2.75, 3.05) is 24.6 Å². The Morgan fingerprint density at radius 2 is 2.05 bits per heavy atom. The smallest absolute Gasteiger partial charge is 0.238 e. The standard InChI is InChI=1S/C14H22ClN3O/c1-4-11(5-2)18(3)9-14(19)17-13-7-6-10(15)8-12(13)16/h6-8,11H,4-5,9,16H2,1-3H3,(H,17,19). The van der Waals surface area contributed by atoms with Gasteiger partial charge >= 0.3 is 0 Å². The van der Waals surface area contributed by atoms with Gasteiger partial charge in [0.15, 0.2) is 0 Å². The van der Waals surface area contributed by atoms with E-state index in [0.717, 1.165) is 12.8 Å². The Bertz CT molecular complexity index is 433. The third kappa shape index (κ3) is 4.73. The highest BCUT2D eigenvalue weighted by molar-refractivity contribution is 6.31. The van der Waals surface area contributed by atoms with Gasteiger partial charge in [0.05, 0.1) is 17.9 Å². The van der Waals surface area contributed by atoms with Crippen molar-refractivity contribution in [1.29, 1.82) is 0 Å². The van der Waals surface area contributed by atoms with Crippen molar-refractivity contribution >= 4 is 28.9 Å². The number of carbonyl (C=O) groups is 1. The minimum absolute atomic E-state index is 0.0663. The molecule has 0 spiro atoms. The van der Waals surface area contributed by atoms with Crippen LogP contribution in [0.2, 0.25) is 5.02 Å². The number of hydrogen-bond acceptors (Lipinski definition) is 3. The molecule has 0 radical (unpaired) electrons. The normalized spacial score (nSPS) is 11.1. The lowest BCUT2D eigenvalue weighted by molar-refractivity contribution is -0.117. The van der Waals surface area contributed by atoms with Crippen LogP contribution >= 0.6 is 11.6 Å². The van der Waals surface area contributed by atoms with Crippen LogP contribution in [0.5, 0.6) is 0 Å². The van der Waals surface area contributed by atoms with Crippen LogP contribution in [-0.2, 0) is 4.79 Å². The molecule has 4 nitrogen and oxygen atoms in total. The predicted octanol–water partition coefficient (Wildman–Crippen LogP) is 2.98. The lowest BCUT2D eigenvalue weighted by Gasteiger charge is -2.25. The molecule has 3 N–H and O–H groups in total. The van der Waals surface area contributed by atoms with E-state index in [2.05, 4.69) is 24.1 Å². The molecule has 0 aliphatic carbocycles. The molecule has 1 aromatic carbocycles. The summed E-state index contributed by atoms with van der Waals surface area (Å²) in [5, 5.41) is 3.37. The molecule has 19 heavy (non-hydrogen) atoms. The maximum Gasteiger partial charge on any atom is 0.238 e. The summed E-state index contributed by atoms with van der Waals surface area (Å²) in [5.41, 5.74) is 6.88. The van der Waals surface area contributed by atoms with Gasteiger partial charge < -0.3 is 11.1 Å². The zero-order valence-electron chi connectivity index (χ0n) is 11.7. The molecular formula is C14H22ClN3O. The van der Waals surface area contributed by atoms with Gasteiger partial charge in [-0.15, -0.1) is 0 Å². The largest absolute Gasteiger partial charge is 0.397 e. The topological polar surface area (TPSA) is 58.4 Å². The lowest BCUT2D eigenvalue weighted by atomic mass is 10.1. The second-order valence-electron chi connectivity index (χ2n) is 4.67. The van der Waals surface area contributed by atoms with E-state index < -0.39 is 0 Å². The molecule has 0 bridgehead atoms. The summed E-state index contributed by atoms with van der Waals surface area (Å²) < 4.78 is 0. The van der Waals surface area contributed by atoms with E-state index in [4.69, 9.17) is 17.3 Å². The summed E-state index contributed by atoms with van der Waals surface area (Å²) in [5.74, 6) is -0.0663. The van der Waals surface area contributed by atoms with Crippen molar-refractivity contribution in [3.05, 3.63) is 23.2 Å². The minimum atomic E-state index is -0.0663. The number of rotatable bonds is 6. The molecule has 0 saturated heterocycles. The average molecular weight is 284 g/mol. The molecule has 5 heteroatoms. The molecule has 1 aromatic rings. The summed E-state index contributed by atoms with van der Waals surface area (Å²) in [6, 6.07) is 5.47. The molecule has 0 atom stereocenters. The van der Waals surface area contributed by atoms with Gasteiger partial charge in [0.2, 0.25) is 5.91 Å². The first-order valence-corrected chi connectivity index (χ1v) is 6.90. The third-order valence-electron chi connectivity index (χ3n) is 3.25. The third-order valence-corrected chi connectivity index (χ3v) is 3.48. The van der Waals surface area contributed by atoms with E-state index in [1.165, 1.54) is 0 Å². The first kappa shape index (κ1) is 15.8. The number of likely N-dealkylation sites (N-methyl/N-ethyl adjacent to an activating group) is 1. The van der Waals surface area contributed by atoms with Crippen LogP contribution in [0.1, 0.15) is 26.7 Å². The molecule has 0 fully saturated rings. The fourth-order valence-corrected chi connectivity index (χ4v) is 2.29. The molecular weight excluding hydrogens is 262 g/mol. The maximum absolute atomic E-state index is 12.0. The molecule has 106 valence electrons. The van der Waals surface area contributed by atoms with Gasteiger partial charge in [-0.2, -0.15) is 0 Å². The number of nitrogens with one attached hydrogen (secondary N) is 1. The molecule has 1 amide bonds. The molecule has 0 aliphatic rings. The van der Waals surface area contributed by atoms with Crippen LogP contribution in [0.3, 0.4) is 0 Å². The first-order valence-electron chi connectivity index (χ1n) is 6.53. The van der Waals surface area contributed by atoms with Gasteiger partial charge in [-0.05, 0) is 38.1 Å². The van der Waals surface area contributed by atoms with E-state index in [-0.39, 0.29) is 5.91 Å². The Kier molecular flexibility index (Phi) is 6.12. The van der Waals surface area contributed by atoms with E-state index >= 15 is 0 Å². The maximum atomic E-state index is 12.0. The highest BCUT2D eigenvalue weighted by Gasteiger charge is 2.14. The molecule has 1 rings (SSSR count). The van der Waals surface area contributed by atoms with Crippen molar-refractivity contribution < 1.29 is 4.79 Å². The summed E-state index contributed by atoms with van der Waals surface area (Å²) in [6.07, 6.45) is 2.06. The number of benzene rings is 1. The quantitative estimate of drug-likeness (QED) is 0.789. The SMILES string of the molecule is CCC(CC)N(C)CC(=O)Nc1ccc(Cl)cc1N. The van der Waals surface area contributed by atoms with E-state index in [1.54, 1.807) is 18.2 Å². The van der Waals surface area contributed by atoms with Crippen molar-refractivity contribution in [3.63, 3.8) is 0 Å². The number of hydrogen-bond donors (Lipinski definition) is 2. The second kappa shape index (κ2) is 7.36. The van der Waals surface area contributed by atoms with Gasteiger partial charge in [-0.1, -0.05) is 25.4 Å². The number of carbonyl (C=O) groups excluding carboxylic acids is 1. The Morgan fingerprint density at radius 1 is 1.42 bits per heavy atom. The van der Waals surface area contributed by atoms with Gasteiger partial charge in [-0.3, -0.25) is 9.69 Å². The zero-order valence-corrected chi connectivity index (χ0v) is 12.5. The van der Waals surface area contributed by atoms with Crippen molar-refractivity contribution in [3.8, 4) is 0 Å². The number of anilines is 2. The average Bonchev–Trinajstić information content (AvgIpc) is 2.34. The van der Waals surface area contributed by atoms with Crippen LogP contribution in [0, 0.1) is 0 Å². The van der Waals surface area contributed by atoms with Crippen LogP contribution in [0.15, 0.2) is 18.2 Å². The van der Waals surface area contributed by atoms with Crippen LogP contribution < -0.4 is 11.1 Å². The highest BCUT2D eigenvalue weighted by atomic mass is 35.5.